The second-order valence-electron chi connectivity index (χ2n) is 6.70. The number of carbonyl (C=O) groups excluding carboxylic acids is 1. The first-order chi connectivity index (χ1) is 12.4. The molecule has 2 aliphatic heterocycles. The summed E-state index contributed by atoms with van der Waals surface area (Å²) in [4.78, 5) is 13.1. The molecule has 26 heavy (non-hydrogen) atoms. The molecule has 0 saturated heterocycles. The number of anilines is 1. The van der Waals surface area contributed by atoms with Crippen molar-refractivity contribution in [2.24, 2.45) is 0 Å². The predicted octanol–water partition coefficient (Wildman–Crippen LogP) is 3.26. The van der Waals surface area contributed by atoms with Gasteiger partial charge in [0.15, 0.2) is 0 Å². The number of thioether (sulfide) groups is 1. The van der Waals surface area contributed by atoms with E-state index in [1.807, 2.05) is 25.1 Å². The van der Waals surface area contributed by atoms with E-state index in [-0.39, 0.29) is 16.1 Å². The molecule has 0 spiro atoms. The fraction of sp³-hybridized carbons (Fsp3) is 0.316. The Kier molecular flexibility index (Phi) is 4.54. The summed E-state index contributed by atoms with van der Waals surface area (Å²) in [6.07, 6.45) is 1.13. The molecule has 1 atom stereocenters. The van der Waals surface area contributed by atoms with E-state index in [4.69, 9.17) is 0 Å². The van der Waals surface area contributed by atoms with E-state index >= 15 is 0 Å². The molecule has 0 radical (unpaired) electrons. The Morgan fingerprint density at radius 1 is 1.15 bits per heavy atom. The average molecular weight is 389 g/mol. The Labute approximate surface area is 157 Å². The summed E-state index contributed by atoms with van der Waals surface area (Å²) in [5, 5.41) is 3.01. The van der Waals surface area contributed by atoms with Crippen molar-refractivity contribution in [2.45, 2.75) is 41.4 Å². The zero-order valence-electron chi connectivity index (χ0n) is 14.4. The van der Waals surface area contributed by atoms with Crippen molar-refractivity contribution in [2.75, 3.05) is 11.9 Å². The lowest BCUT2D eigenvalue weighted by Crippen LogP contribution is -2.36. The van der Waals surface area contributed by atoms with Crippen molar-refractivity contribution < 1.29 is 13.2 Å². The highest BCUT2D eigenvalue weighted by Gasteiger charge is 2.29. The van der Waals surface area contributed by atoms with Gasteiger partial charge in [0.25, 0.3) is 0 Å². The zero-order valence-corrected chi connectivity index (χ0v) is 16.1. The first kappa shape index (κ1) is 17.6. The van der Waals surface area contributed by atoms with Crippen LogP contribution in [0.4, 0.5) is 5.69 Å². The summed E-state index contributed by atoms with van der Waals surface area (Å²) in [5.41, 5.74) is 2.84. The predicted molar refractivity (Wildman–Crippen MR) is 103 cm³/mol. The third-order valence-electron chi connectivity index (χ3n) is 4.76. The maximum atomic E-state index is 13.1. The molecule has 5 nitrogen and oxygen atoms in total. The van der Waals surface area contributed by atoms with Crippen LogP contribution in [0.25, 0.3) is 0 Å². The minimum atomic E-state index is -3.61. The van der Waals surface area contributed by atoms with Crippen molar-refractivity contribution in [1.82, 2.24) is 4.31 Å². The van der Waals surface area contributed by atoms with Gasteiger partial charge < -0.3 is 5.32 Å². The number of rotatable bonds is 2. The van der Waals surface area contributed by atoms with Crippen molar-refractivity contribution in [1.29, 1.82) is 0 Å². The SMILES string of the molecule is C[C@H]1CC(=O)Nc2cc(S(=O)(=O)N3CCc4ccccc4C3)ccc2S1. The monoisotopic (exact) mass is 388 g/mol. The number of fused-ring (bicyclic) bond motifs is 2. The van der Waals surface area contributed by atoms with Crippen molar-refractivity contribution in [3.63, 3.8) is 0 Å². The summed E-state index contributed by atoms with van der Waals surface area (Å²) < 4.78 is 27.8. The van der Waals surface area contributed by atoms with Crippen LogP contribution in [-0.2, 0) is 27.8 Å². The first-order valence-corrected chi connectivity index (χ1v) is 10.9. The summed E-state index contributed by atoms with van der Waals surface area (Å²) in [6, 6.07) is 13.0. The lowest BCUT2D eigenvalue weighted by Gasteiger charge is -2.28. The third kappa shape index (κ3) is 3.26. The lowest BCUT2D eigenvalue weighted by atomic mass is 10.0. The maximum Gasteiger partial charge on any atom is 0.243 e. The number of amides is 1. The minimum Gasteiger partial charge on any atom is -0.325 e. The van der Waals surface area contributed by atoms with Crippen LogP contribution >= 0.6 is 11.8 Å². The van der Waals surface area contributed by atoms with E-state index in [0.29, 0.717) is 31.6 Å². The van der Waals surface area contributed by atoms with Crippen LogP contribution in [0.1, 0.15) is 24.5 Å². The van der Waals surface area contributed by atoms with Gasteiger partial charge in [-0.25, -0.2) is 8.42 Å². The Hall–Kier alpha value is -1.83. The number of benzene rings is 2. The molecule has 0 bridgehead atoms. The van der Waals surface area contributed by atoms with Gasteiger partial charge in [-0.3, -0.25) is 4.79 Å². The van der Waals surface area contributed by atoms with Crippen molar-refractivity contribution in [3.05, 3.63) is 53.6 Å². The fourth-order valence-electron chi connectivity index (χ4n) is 3.41. The molecule has 0 fully saturated rings. The Morgan fingerprint density at radius 3 is 2.73 bits per heavy atom. The highest BCUT2D eigenvalue weighted by atomic mass is 32.2. The number of nitrogens with zero attached hydrogens (tertiary/aromatic N) is 1. The molecule has 1 N–H and O–H groups in total. The van der Waals surface area contributed by atoms with Crippen LogP contribution in [0.3, 0.4) is 0 Å². The van der Waals surface area contributed by atoms with Gasteiger partial charge in [0.1, 0.15) is 0 Å². The summed E-state index contributed by atoms with van der Waals surface area (Å²) >= 11 is 1.59. The summed E-state index contributed by atoms with van der Waals surface area (Å²) in [7, 11) is -3.61. The number of hydrogen-bond acceptors (Lipinski definition) is 4. The van der Waals surface area contributed by atoms with Crippen LogP contribution in [0, 0.1) is 0 Å². The molecule has 1 amide bonds. The van der Waals surface area contributed by atoms with E-state index in [9.17, 15) is 13.2 Å². The minimum absolute atomic E-state index is 0.0785. The molecular formula is C19H20N2O3S2. The quantitative estimate of drug-likeness (QED) is 0.858. The second-order valence-corrected chi connectivity index (χ2v) is 10.1. The fourth-order valence-corrected chi connectivity index (χ4v) is 5.91. The van der Waals surface area contributed by atoms with E-state index in [0.717, 1.165) is 10.5 Å². The molecule has 4 rings (SSSR count). The molecule has 2 heterocycles. The number of sulfonamides is 1. The smallest absolute Gasteiger partial charge is 0.243 e. The molecule has 136 valence electrons. The Bertz CT molecular complexity index is 972. The maximum absolute atomic E-state index is 13.1. The molecule has 0 aromatic heterocycles. The van der Waals surface area contributed by atoms with Gasteiger partial charge in [-0.2, -0.15) is 4.31 Å². The average Bonchev–Trinajstić information content (AvgIpc) is 2.76. The largest absolute Gasteiger partial charge is 0.325 e. The van der Waals surface area contributed by atoms with Gasteiger partial charge >= 0.3 is 0 Å². The van der Waals surface area contributed by atoms with Gasteiger partial charge in [0.2, 0.25) is 15.9 Å². The summed E-state index contributed by atoms with van der Waals surface area (Å²) in [5.74, 6) is -0.0785. The van der Waals surface area contributed by atoms with E-state index < -0.39 is 10.0 Å². The standard InChI is InChI=1S/C19H20N2O3S2/c1-13-10-19(22)20-17-11-16(6-7-18(17)25-13)26(23,24)21-9-8-14-4-2-3-5-15(14)12-21/h2-7,11,13H,8-10,12H2,1H3,(H,20,22)/t13-/m0/s1. The van der Waals surface area contributed by atoms with Crippen molar-refractivity contribution >= 4 is 33.4 Å². The van der Waals surface area contributed by atoms with Gasteiger partial charge in [0.05, 0.1) is 10.6 Å². The van der Waals surface area contributed by atoms with Gasteiger partial charge in [-0.05, 0) is 35.7 Å². The molecule has 0 unspecified atom stereocenters. The first-order valence-electron chi connectivity index (χ1n) is 8.61. The molecular weight excluding hydrogens is 368 g/mol. The molecule has 0 saturated carbocycles. The molecule has 7 heteroatoms. The Morgan fingerprint density at radius 2 is 1.92 bits per heavy atom. The van der Waals surface area contributed by atoms with Crippen LogP contribution in [0.5, 0.6) is 0 Å². The number of nitrogens with one attached hydrogen (secondary N) is 1. The lowest BCUT2D eigenvalue weighted by molar-refractivity contribution is -0.116. The molecule has 2 aromatic carbocycles. The van der Waals surface area contributed by atoms with Gasteiger partial charge in [-0.1, -0.05) is 31.2 Å². The second kappa shape index (κ2) is 6.72. The highest BCUT2D eigenvalue weighted by Crippen LogP contribution is 2.37. The topological polar surface area (TPSA) is 66.5 Å². The molecule has 0 aliphatic carbocycles. The van der Waals surface area contributed by atoms with Gasteiger partial charge in [-0.15, -0.1) is 11.8 Å². The Balaban J connectivity index is 1.66. The van der Waals surface area contributed by atoms with Crippen LogP contribution < -0.4 is 5.32 Å². The van der Waals surface area contributed by atoms with Crippen LogP contribution in [-0.4, -0.2) is 30.4 Å². The normalized spacial score (nSPS) is 20.7. The van der Waals surface area contributed by atoms with Crippen LogP contribution in [0.2, 0.25) is 0 Å². The third-order valence-corrected chi connectivity index (χ3v) is 7.78. The van der Waals surface area contributed by atoms with Gasteiger partial charge in [0, 0.05) is 29.7 Å². The molecule has 2 aliphatic rings. The van der Waals surface area contributed by atoms with E-state index in [2.05, 4.69) is 11.4 Å². The van der Waals surface area contributed by atoms with E-state index in [1.165, 1.54) is 9.87 Å². The highest BCUT2D eigenvalue weighted by molar-refractivity contribution is 8.00. The molecule has 2 aromatic rings. The number of hydrogen-bond donors (Lipinski definition) is 1. The zero-order chi connectivity index (χ0) is 18.3. The van der Waals surface area contributed by atoms with Crippen LogP contribution in [0.15, 0.2) is 52.3 Å². The number of carbonyl (C=O) groups is 1. The van der Waals surface area contributed by atoms with E-state index in [1.54, 1.807) is 30.0 Å². The van der Waals surface area contributed by atoms with Crippen molar-refractivity contribution in [3.8, 4) is 0 Å². The summed E-state index contributed by atoms with van der Waals surface area (Å²) in [6.45, 7) is 2.84.